The van der Waals surface area contributed by atoms with Gasteiger partial charge in [0.15, 0.2) is 0 Å². The van der Waals surface area contributed by atoms with E-state index in [4.69, 9.17) is 5.11 Å². The number of hydrogen-bond acceptors (Lipinski definition) is 3. The second kappa shape index (κ2) is 4.72. The maximum atomic E-state index is 12.8. The summed E-state index contributed by atoms with van der Waals surface area (Å²) in [5, 5.41) is 8.95. The van der Waals surface area contributed by atoms with E-state index in [2.05, 4.69) is 4.74 Å². The zero-order chi connectivity index (χ0) is 10.6. The first-order chi connectivity index (χ1) is 6.69. The molecule has 1 unspecified atom stereocenters. The minimum Gasteiger partial charge on any atom is -0.468 e. The van der Waals surface area contributed by atoms with Crippen LogP contribution >= 0.6 is 0 Å². The number of methoxy groups -OCH3 is 1. The smallest absolute Gasteiger partial charge is 0.315 e. The highest BCUT2D eigenvalue weighted by molar-refractivity contribution is 5.78. The van der Waals surface area contributed by atoms with Crippen molar-refractivity contribution in [2.24, 2.45) is 0 Å². The third-order valence-electron chi connectivity index (χ3n) is 1.92. The number of halogens is 1. The van der Waals surface area contributed by atoms with Crippen molar-refractivity contribution in [3.8, 4) is 0 Å². The van der Waals surface area contributed by atoms with E-state index in [0.717, 1.165) is 0 Å². The summed E-state index contributed by atoms with van der Waals surface area (Å²) in [5.41, 5.74) is 0.416. The van der Waals surface area contributed by atoms with Crippen LogP contribution in [0.1, 0.15) is 11.5 Å². The van der Waals surface area contributed by atoms with Crippen molar-refractivity contribution in [1.29, 1.82) is 0 Å². The van der Waals surface area contributed by atoms with Crippen LogP contribution in [0.4, 0.5) is 4.39 Å². The maximum absolute atomic E-state index is 12.8. The van der Waals surface area contributed by atoms with E-state index in [-0.39, 0.29) is 0 Å². The molecule has 1 N–H and O–H groups in total. The number of ether oxygens (including phenoxy) is 1. The molecular formula is C10H11FO3. The number of esters is 1. The van der Waals surface area contributed by atoms with Gasteiger partial charge in [-0.3, -0.25) is 4.79 Å². The number of aliphatic hydroxyl groups excluding tert-OH is 1. The number of carbonyl (C=O) groups excluding carboxylic acids is 1. The van der Waals surface area contributed by atoms with Crippen LogP contribution in [0.5, 0.6) is 0 Å². The fourth-order valence-corrected chi connectivity index (χ4v) is 1.18. The Morgan fingerprint density at radius 2 is 2.36 bits per heavy atom. The quantitative estimate of drug-likeness (QED) is 0.739. The molecular weight excluding hydrogens is 187 g/mol. The second-order valence-electron chi connectivity index (χ2n) is 2.81. The molecule has 0 heterocycles. The molecule has 0 fully saturated rings. The van der Waals surface area contributed by atoms with Gasteiger partial charge in [0.1, 0.15) is 11.7 Å². The standard InChI is InChI=1S/C10H11FO3/c1-14-10(13)9(6-12)7-3-2-4-8(11)5-7/h2-5,9,12H,6H2,1H3. The van der Waals surface area contributed by atoms with Crippen molar-refractivity contribution >= 4 is 5.97 Å². The third kappa shape index (κ3) is 2.29. The molecule has 1 aromatic carbocycles. The third-order valence-corrected chi connectivity index (χ3v) is 1.92. The first-order valence-electron chi connectivity index (χ1n) is 4.13. The molecule has 0 radical (unpaired) electrons. The fourth-order valence-electron chi connectivity index (χ4n) is 1.18. The number of rotatable bonds is 3. The maximum Gasteiger partial charge on any atom is 0.315 e. The summed E-state index contributed by atoms with van der Waals surface area (Å²) in [4.78, 5) is 11.2. The van der Waals surface area contributed by atoms with E-state index in [1.165, 1.54) is 25.3 Å². The predicted octanol–water partition coefficient (Wildman–Crippen LogP) is 1.07. The van der Waals surface area contributed by atoms with E-state index in [0.29, 0.717) is 5.56 Å². The Morgan fingerprint density at radius 3 is 2.86 bits per heavy atom. The van der Waals surface area contributed by atoms with Gasteiger partial charge in [0, 0.05) is 0 Å². The molecule has 14 heavy (non-hydrogen) atoms. The van der Waals surface area contributed by atoms with Crippen LogP contribution in [-0.2, 0) is 9.53 Å². The van der Waals surface area contributed by atoms with E-state index in [1.807, 2.05) is 0 Å². The molecule has 0 aliphatic carbocycles. The molecule has 0 saturated heterocycles. The highest BCUT2D eigenvalue weighted by atomic mass is 19.1. The summed E-state index contributed by atoms with van der Waals surface area (Å²) in [6.45, 7) is -0.393. The fraction of sp³-hybridized carbons (Fsp3) is 0.300. The lowest BCUT2D eigenvalue weighted by molar-refractivity contribution is -0.143. The van der Waals surface area contributed by atoms with Gasteiger partial charge >= 0.3 is 5.97 Å². The largest absolute Gasteiger partial charge is 0.468 e. The van der Waals surface area contributed by atoms with Crippen LogP contribution in [0.25, 0.3) is 0 Å². The minimum atomic E-state index is -0.810. The molecule has 0 saturated carbocycles. The zero-order valence-corrected chi connectivity index (χ0v) is 7.74. The predicted molar refractivity (Wildman–Crippen MR) is 48.2 cm³/mol. The Balaban J connectivity index is 2.94. The lowest BCUT2D eigenvalue weighted by Crippen LogP contribution is -2.17. The molecule has 0 aromatic heterocycles. The summed E-state index contributed by atoms with van der Waals surface area (Å²) in [6.07, 6.45) is 0. The molecule has 3 nitrogen and oxygen atoms in total. The van der Waals surface area contributed by atoms with Crippen LogP contribution in [0.2, 0.25) is 0 Å². The monoisotopic (exact) mass is 198 g/mol. The molecule has 1 rings (SSSR count). The average molecular weight is 198 g/mol. The van der Waals surface area contributed by atoms with E-state index < -0.39 is 24.3 Å². The Hall–Kier alpha value is -1.42. The van der Waals surface area contributed by atoms with Crippen molar-refractivity contribution in [3.63, 3.8) is 0 Å². The van der Waals surface area contributed by atoms with Gasteiger partial charge < -0.3 is 9.84 Å². The normalized spacial score (nSPS) is 12.2. The summed E-state index contributed by atoms with van der Waals surface area (Å²) in [6, 6.07) is 5.53. The number of aliphatic hydroxyl groups is 1. The Labute approximate surface area is 81.1 Å². The van der Waals surface area contributed by atoms with Gasteiger partial charge in [0.05, 0.1) is 13.7 Å². The average Bonchev–Trinajstić information content (AvgIpc) is 2.19. The van der Waals surface area contributed by atoms with Crippen LogP contribution in [0.15, 0.2) is 24.3 Å². The van der Waals surface area contributed by atoms with Crippen LogP contribution < -0.4 is 0 Å². The van der Waals surface area contributed by atoms with E-state index in [9.17, 15) is 9.18 Å². The molecule has 0 aliphatic rings. The first-order valence-corrected chi connectivity index (χ1v) is 4.13. The topological polar surface area (TPSA) is 46.5 Å². The van der Waals surface area contributed by atoms with Gasteiger partial charge in [-0.15, -0.1) is 0 Å². The lowest BCUT2D eigenvalue weighted by atomic mass is 10.0. The van der Waals surface area contributed by atoms with Crippen molar-refractivity contribution in [2.45, 2.75) is 5.92 Å². The van der Waals surface area contributed by atoms with Crippen LogP contribution in [-0.4, -0.2) is 24.8 Å². The van der Waals surface area contributed by atoms with E-state index >= 15 is 0 Å². The molecule has 0 aliphatic heterocycles. The Bertz CT molecular complexity index is 325. The first kappa shape index (κ1) is 10.7. The number of benzene rings is 1. The van der Waals surface area contributed by atoms with Crippen molar-refractivity contribution in [1.82, 2.24) is 0 Å². The van der Waals surface area contributed by atoms with Crippen LogP contribution in [0, 0.1) is 5.82 Å². The summed E-state index contributed by atoms with van der Waals surface area (Å²) < 4.78 is 17.3. The van der Waals surface area contributed by atoms with E-state index in [1.54, 1.807) is 6.07 Å². The molecule has 4 heteroatoms. The SMILES string of the molecule is COC(=O)C(CO)c1cccc(F)c1. The Morgan fingerprint density at radius 1 is 1.64 bits per heavy atom. The van der Waals surface area contributed by atoms with Crippen LogP contribution in [0.3, 0.4) is 0 Å². The van der Waals surface area contributed by atoms with Crippen molar-refractivity contribution in [3.05, 3.63) is 35.6 Å². The minimum absolute atomic E-state index is 0.393. The molecule has 1 aromatic rings. The van der Waals surface area contributed by atoms with Gasteiger partial charge in [0.25, 0.3) is 0 Å². The molecule has 76 valence electrons. The molecule has 0 amide bonds. The summed E-state index contributed by atoms with van der Waals surface area (Å²) in [7, 11) is 1.23. The van der Waals surface area contributed by atoms with Crippen molar-refractivity contribution < 1.29 is 19.0 Å². The molecule has 1 atom stereocenters. The molecule has 0 bridgehead atoms. The summed E-state index contributed by atoms with van der Waals surface area (Å²) in [5.74, 6) is -1.82. The second-order valence-corrected chi connectivity index (χ2v) is 2.81. The van der Waals surface area contributed by atoms with Crippen molar-refractivity contribution in [2.75, 3.05) is 13.7 Å². The van der Waals surface area contributed by atoms with Gasteiger partial charge in [-0.25, -0.2) is 4.39 Å². The van der Waals surface area contributed by atoms with Gasteiger partial charge in [-0.2, -0.15) is 0 Å². The number of hydrogen-bond donors (Lipinski definition) is 1. The zero-order valence-electron chi connectivity index (χ0n) is 7.74. The highest BCUT2D eigenvalue weighted by Gasteiger charge is 2.20. The van der Waals surface area contributed by atoms with Gasteiger partial charge in [-0.1, -0.05) is 12.1 Å². The Kier molecular flexibility index (Phi) is 3.59. The van der Waals surface area contributed by atoms with Gasteiger partial charge in [-0.05, 0) is 17.7 Å². The lowest BCUT2D eigenvalue weighted by Gasteiger charge is -2.11. The highest BCUT2D eigenvalue weighted by Crippen LogP contribution is 2.17. The number of carbonyl (C=O) groups is 1. The van der Waals surface area contributed by atoms with Gasteiger partial charge in [0.2, 0.25) is 0 Å². The molecule has 0 spiro atoms. The summed E-state index contributed by atoms with van der Waals surface area (Å²) >= 11 is 0.